The summed E-state index contributed by atoms with van der Waals surface area (Å²) < 4.78 is 25.7. The van der Waals surface area contributed by atoms with Crippen molar-refractivity contribution in [1.29, 1.82) is 0 Å². The van der Waals surface area contributed by atoms with Gasteiger partial charge in [0.25, 0.3) is 5.91 Å². The largest absolute Gasteiger partial charge is 0.350 e. The van der Waals surface area contributed by atoms with Crippen molar-refractivity contribution in [2.24, 2.45) is 0 Å². The Morgan fingerprint density at radius 3 is 2.36 bits per heavy atom. The van der Waals surface area contributed by atoms with Crippen LogP contribution in [0, 0.1) is 13.8 Å². The summed E-state index contributed by atoms with van der Waals surface area (Å²) in [6.45, 7) is 4.12. The molecule has 0 heterocycles. The van der Waals surface area contributed by atoms with Crippen LogP contribution < -0.4 is 9.62 Å². The molecule has 2 aromatic rings. The van der Waals surface area contributed by atoms with Gasteiger partial charge in [-0.1, -0.05) is 23.7 Å². The van der Waals surface area contributed by atoms with Crippen LogP contribution in [-0.4, -0.2) is 33.7 Å². The van der Waals surface area contributed by atoms with Crippen molar-refractivity contribution in [3.8, 4) is 0 Å². The Balaban J connectivity index is 2.10. The minimum atomic E-state index is -3.46. The highest BCUT2D eigenvalue weighted by Gasteiger charge is 2.19. The summed E-state index contributed by atoms with van der Waals surface area (Å²) in [5, 5.41) is 3.29. The Hall–Kier alpha value is -2.05. The van der Waals surface area contributed by atoms with E-state index in [-0.39, 0.29) is 19.0 Å². The van der Waals surface area contributed by atoms with E-state index in [1.807, 2.05) is 32.0 Å². The number of nitrogens with zero attached hydrogens (tertiary/aromatic N) is 1. The molecule has 0 atom stereocenters. The molecule has 134 valence electrons. The molecule has 0 aromatic heterocycles. The van der Waals surface area contributed by atoms with E-state index in [1.54, 1.807) is 24.3 Å². The van der Waals surface area contributed by atoms with E-state index in [4.69, 9.17) is 11.6 Å². The summed E-state index contributed by atoms with van der Waals surface area (Å²) in [4.78, 5) is 12.1. The fraction of sp³-hybridized carbons (Fsp3) is 0.278. The molecule has 0 fully saturated rings. The molecule has 25 heavy (non-hydrogen) atoms. The van der Waals surface area contributed by atoms with Crippen molar-refractivity contribution in [2.45, 2.75) is 13.8 Å². The molecule has 1 N–H and O–H groups in total. The van der Waals surface area contributed by atoms with E-state index < -0.39 is 10.0 Å². The highest BCUT2D eigenvalue weighted by atomic mass is 35.5. The quantitative estimate of drug-likeness (QED) is 0.837. The molecule has 1 amide bonds. The predicted octanol–water partition coefficient (Wildman–Crippen LogP) is 3.15. The lowest BCUT2D eigenvalue weighted by Crippen LogP contribution is -2.38. The van der Waals surface area contributed by atoms with E-state index in [2.05, 4.69) is 5.32 Å². The molecule has 0 unspecified atom stereocenters. The van der Waals surface area contributed by atoms with Gasteiger partial charge in [0, 0.05) is 17.1 Å². The van der Waals surface area contributed by atoms with Gasteiger partial charge >= 0.3 is 0 Å². The van der Waals surface area contributed by atoms with Crippen molar-refractivity contribution in [3.63, 3.8) is 0 Å². The summed E-state index contributed by atoms with van der Waals surface area (Å²) >= 11 is 5.80. The molecule has 7 heteroatoms. The van der Waals surface area contributed by atoms with Gasteiger partial charge in [-0.15, -0.1) is 0 Å². The number of nitrogens with one attached hydrogen (secondary N) is 1. The average molecular weight is 381 g/mol. The minimum absolute atomic E-state index is 0.155. The molecule has 0 saturated carbocycles. The monoisotopic (exact) mass is 380 g/mol. The third kappa shape index (κ3) is 5.21. The summed E-state index contributed by atoms with van der Waals surface area (Å²) in [5.74, 6) is -0.272. The number of amides is 1. The molecular formula is C18H21ClN2O3S. The zero-order valence-corrected chi connectivity index (χ0v) is 16.0. The molecule has 0 bridgehead atoms. The molecule has 0 aliphatic carbocycles. The second-order valence-electron chi connectivity index (χ2n) is 5.89. The fourth-order valence-electron chi connectivity index (χ4n) is 2.43. The van der Waals surface area contributed by atoms with Gasteiger partial charge in [-0.3, -0.25) is 9.10 Å². The van der Waals surface area contributed by atoms with Crippen LogP contribution >= 0.6 is 11.6 Å². The maximum absolute atomic E-state index is 12.2. The number of aryl methyl sites for hydroxylation is 2. The van der Waals surface area contributed by atoms with Crippen LogP contribution in [0.15, 0.2) is 42.5 Å². The zero-order valence-electron chi connectivity index (χ0n) is 14.4. The first-order valence-corrected chi connectivity index (χ1v) is 10.00. The van der Waals surface area contributed by atoms with Crippen molar-refractivity contribution in [3.05, 3.63) is 64.2 Å². The van der Waals surface area contributed by atoms with Crippen LogP contribution in [0.2, 0.25) is 5.02 Å². The van der Waals surface area contributed by atoms with Gasteiger partial charge in [0.05, 0.1) is 18.5 Å². The maximum atomic E-state index is 12.2. The van der Waals surface area contributed by atoms with E-state index in [9.17, 15) is 13.2 Å². The highest BCUT2D eigenvalue weighted by molar-refractivity contribution is 7.92. The van der Waals surface area contributed by atoms with Crippen molar-refractivity contribution in [2.75, 3.05) is 23.7 Å². The van der Waals surface area contributed by atoms with Crippen LogP contribution in [0.25, 0.3) is 0 Å². The summed E-state index contributed by atoms with van der Waals surface area (Å²) in [6.07, 6.45) is 1.16. The molecule has 2 aromatic carbocycles. The number of sulfonamides is 1. The number of benzene rings is 2. The van der Waals surface area contributed by atoms with Gasteiger partial charge in [-0.2, -0.15) is 0 Å². The Morgan fingerprint density at radius 2 is 1.76 bits per heavy atom. The van der Waals surface area contributed by atoms with Crippen LogP contribution in [0.4, 0.5) is 5.69 Å². The minimum Gasteiger partial charge on any atom is -0.350 e. The van der Waals surface area contributed by atoms with Crippen molar-refractivity contribution in [1.82, 2.24) is 5.32 Å². The molecule has 0 spiro atoms. The second-order valence-corrected chi connectivity index (χ2v) is 8.23. The lowest BCUT2D eigenvalue weighted by molar-refractivity contribution is 0.0955. The maximum Gasteiger partial charge on any atom is 0.251 e. The van der Waals surface area contributed by atoms with Gasteiger partial charge < -0.3 is 5.32 Å². The Kier molecular flexibility index (Phi) is 6.08. The van der Waals surface area contributed by atoms with Crippen LogP contribution in [0.1, 0.15) is 21.5 Å². The van der Waals surface area contributed by atoms with E-state index in [0.29, 0.717) is 16.3 Å². The normalized spacial score (nSPS) is 11.2. The lowest BCUT2D eigenvalue weighted by Gasteiger charge is -2.24. The molecule has 0 radical (unpaired) electrons. The van der Waals surface area contributed by atoms with Crippen LogP contribution in [-0.2, 0) is 10.0 Å². The van der Waals surface area contributed by atoms with Gasteiger partial charge in [-0.25, -0.2) is 8.42 Å². The number of carbonyl (C=O) groups excluding carboxylic acids is 1. The first-order chi connectivity index (χ1) is 11.7. The number of rotatable bonds is 6. The van der Waals surface area contributed by atoms with Crippen LogP contribution in [0.3, 0.4) is 0 Å². The third-order valence-corrected chi connectivity index (χ3v) is 5.17. The van der Waals surface area contributed by atoms with Gasteiger partial charge in [0.15, 0.2) is 0 Å². The van der Waals surface area contributed by atoms with Gasteiger partial charge in [-0.05, 0) is 55.3 Å². The number of anilines is 1. The third-order valence-electron chi connectivity index (χ3n) is 3.74. The highest BCUT2D eigenvalue weighted by Crippen LogP contribution is 2.23. The zero-order chi connectivity index (χ0) is 18.6. The molecular weight excluding hydrogens is 360 g/mol. The number of hydrogen-bond donors (Lipinski definition) is 1. The van der Waals surface area contributed by atoms with Gasteiger partial charge in [0.2, 0.25) is 10.0 Å². The summed E-state index contributed by atoms with van der Waals surface area (Å²) in [5.41, 5.74) is 2.93. The standard InChI is InChI=1S/C18H21ClN2O3S/c1-13-4-5-14(2)17(12-13)21(25(3,23)24)11-10-20-18(22)15-6-8-16(19)9-7-15/h4-9,12H,10-11H2,1-3H3,(H,20,22). The molecule has 0 saturated heterocycles. The van der Waals surface area contributed by atoms with E-state index in [1.165, 1.54) is 4.31 Å². The number of carbonyl (C=O) groups is 1. The Labute approximate surface area is 153 Å². The lowest BCUT2D eigenvalue weighted by atomic mass is 10.1. The van der Waals surface area contributed by atoms with E-state index in [0.717, 1.165) is 17.4 Å². The second kappa shape index (κ2) is 7.89. The SMILES string of the molecule is Cc1ccc(C)c(N(CCNC(=O)c2ccc(Cl)cc2)S(C)(=O)=O)c1. The molecule has 0 aliphatic heterocycles. The summed E-state index contributed by atoms with van der Waals surface area (Å²) in [7, 11) is -3.46. The molecule has 2 rings (SSSR count). The average Bonchev–Trinajstić information content (AvgIpc) is 2.53. The van der Waals surface area contributed by atoms with Crippen molar-refractivity contribution < 1.29 is 13.2 Å². The Bertz CT molecular complexity index is 864. The number of hydrogen-bond acceptors (Lipinski definition) is 3. The van der Waals surface area contributed by atoms with Crippen LogP contribution in [0.5, 0.6) is 0 Å². The van der Waals surface area contributed by atoms with Crippen molar-refractivity contribution >= 4 is 33.2 Å². The predicted molar refractivity (Wildman–Crippen MR) is 102 cm³/mol. The summed E-state index contributed by atoms with van der Waals surface area (Å²) in [6, 6.07) is 12.2. The number of halogens is 1. The topological polar surface area (TPSA) is 66.5 Å². The van der Waals surface area contributed by atoms with Gasteiger partial charge in [0.1, 0.15) is 0 Å². The fourth-order valence-corrected chi connectivity index (χ4v) is 3.53. The first-order valence-electron chi connectivity index (χ1n) is 7.77. The molecule has 0 aliphatic rings. The molecule has 5 nitrogen and oxygen atoms in total. The first kappa shape index (κ1) is 19.3. The smallest absolute Gasteiger partial charge is 0.251 e. The Morgan fingerprint density at radius 1 is 1.12 bits per heavy atom. The van der Waals surface area contributed by atoms with E-state index >= 15 is 0 Å².